The van der Waals surface area contributed by atoms with Gasteiger partial charge in [-0.3, -0.25) is 4.79 Å². The van der Waals surface area contributed by atoms with Gasteiger partial charge in [0.1, 0.15) is 5.82 Å². The fourth-order valence-electron chi connectivity index (χ4n) is 3.55. The zero-order valence-electron chi connectivity index (χ0n) is 16.1. The van der Waals surface area contributed by atoms with Crippen LogP contribution in [0.5, 0.6) is 0 Å². The first-order chi connectivity index (χ1) is 12.5. The highest BCUT2D eigenvalue weighted by Crippen LogP contribution is 2.22. The molecule has 136 valence electrons. The summed E-state index contributed by atoms with van der Waals surface area (Å²) in [6, 6.07) is 12.7. The van der Waals surface area contributed by atoms with Gasteiger partial charge in [-0.25, -0.2) is 4.98 Å². The summed E-state index contributed by atoms with van der Waals surface area (Å²) in [6.45, 7) is 9.77. The Hall–Kier alpha value is -2.62. The molecule has 0 aliphatic heterocycles. The van der Waals surface area contributed by atoms with Crippen LogP contribution in [-0.4, -0.2) is 22.0 Å². The van der Waals surface area contributed by atoms with E-state index in [-0.39, 0.29) is 5.91 Å². The third-order valence-electron chi connectivity index (χ3n) is 4.88. The number of nitrogens with one attached hydrogen (secondary N) is 1. The smallest absolute Gasteiger partial charge is 0.219 e. The van der Waals surface area contributed by atoms with Crippen molar-refractivity contribution in [1.29, 1.82) is 0 Å². The largest absolute Gasteiger partial charge is 0.356 e. The van der Waals surface area contributed by atoms with E-state index in [1.54, 1.807) is 0 Å². The van der Waals surface area contributed by atoms with Gasteiger partial charge >= 0.3 is 0 Å². The van der Waals surface area contributed by atoms with Crippen LogP contribution in [0.15, 0.2) is 36.4 Å². The van der Waals surface area contributed by atoms with Gasteiger partial charge in [0.2, 0.25) is 5.91 Å². The highest BCUT2D eigenvalue weighted by molar-refractivity contribution is 5.76. The fourth-order valence-corrected chi connectivity index (χ4v) is 3.55. The summed E-state index contributed by atoms with van der Waals surface area (Å²) in [6.07, 6.45) is 1.24. The van der Waals surface area contributed by atoms with E-state index >= 15 is 0 Å². The molecular weight excluding hydrogens is 322 g/mol. The van der Waals surface area contributed by atoms with Gasteiger partial charge in [0.15, 0.2) is 0 Å². The highest BCUT2D eigenvalue weighted by atomic mass is 16.1. The first-order valence-corrected chi connectivity index (χ1v) is 9.27. The molecule has 0 atom stereocenters. The number of rotatable bonds is 6. The van der Waals surface area contributed by atoms with Crippen LogP contribution in [-0.2, 0) is 17.8 Å². The normalized spacial score (nSPS) is 11.1. The van der Waals surface area contributed by atoms with Crippen LogP contribution in [0.25, 0.3) is 11.0 Å². The molecular formula is C22H27N3O. The molecule has 3 rings (SSSR count). The molecule has 0 fully saturated rings. The molecule has 2 aromatic carbocycles. The van der Waals surface area contributed by atoms with E-state index in [0.29, 0.717) is 13.0 Å². The molecule has 0 saturated carbocycles. The lowest BCUT2D eigenvalue weighted by molar-refractivity contribution is -0.120. The SMILES string of the molecule is CCC(=O)NCCc1nc2ccccc2n1Cc1c(C)cc(C)cc1C. The first-order valence-electron chi connectivity index (χ1n) is 9.27. The number of hydrogen-bond acceptors (Lipinski definition) is 2. The van der Waals surface area contributed by atoms with Crippen LogP contribution >= 0.6 is 0 Å². The number of nitrogens with zero attached hydrogens (tertiary/aromatic N) is 2. The summed E-state index contributed by atoms with van der Waals surface area (Å²) >= 11 is 0. The number of amides is 1. The molecule has 4 nitrogen and oxygen atoms in total. The van der Waals surface area contributed by atoms with Crippen molar-refractivity contribution in [2.24, 2.45) is 0 Å². The number of fused-ring (bicyclic) bond motifs is 1. The Bertz CT molecular complexity index is 917. The van der Waals surface area contributed by atoms with Crippen LogP contribution in [0.2, 0.25) is 0 Å². The Morgan fingerprint density at radius 3 is 2.50 bits per heavy atom. The van der Waals surface area contributed by atoms with Crippen molar-refractivity contribution >= 4 is 16.9 Å². The van der Waals surface area contributed by atoms with Crippen molar-refractivity contribution in [2.75, 3.05) is 6.54 Å². The standard InChI is InChI=1S/C22H27N3O/c1-5-22(26)23-11-10-21-24-19-8-6-7-9-20(19)25(21)14-18-16(3)12-15(2)13-17(18)4/h6-9,12-13H,5,10-11,14H2,1-4H3,(H,23,26). The van der Waals surface area contributed by atoms with Crippen molar-refractivity contribution in [2.45, 2.75) is 47.1 Å². The van der Waals surface area contributed by atoms with Crippen LogP contribution < -0.4 is 5.32 Å². The lowest BCUT2D eigenvalue weighted by atomic mass is 9.99. The molecule has 26 heavy (non-hydrogen) atoms. The second kappa shape index (κ2) is 7.73. The van der Waals surface area contributed by atoms with Gasteiger partial charge in [0.25, 0.3) is 0 Å². The van der Waals surface area contributed by atoms with Gasteiger partial charge in [-0.15, -0.1) is 0 Å². The minimum Gasteiger partial charge on any atom is -0.356 e. The van der Waals surface area contributed by atoms with Crippen molar-refractivity contribution < 1.29 is 4.79 Å². The number of aryl methyl sites for hydroxylation is 3. The van der Waals surface area contributed by atoms with Gasteiger partial charge in [0.05, 0.1) is 11.0 Å². The third-order valence-corrected chi connectivity index (χ3v) is 4.88. The van der Waals surface area contributed by atoms with E-state index < -0.39 is 0 Å². The molecule has 0 unspecified atom stereocenters. The Balaban J connectivity index is 1.96. The zero-order chi connectivity index (χ0) is 18.7. The molecule has 3 aromatic rings. The molecule has 1 heterocycles. The Morgan fingerprint density at radius 1 is 1.12 bits per heavy atom. The second-order valence-electron chi connectivity index (χ2n) is 6.93. The summed E-state index contributed by atoms with van der Waals surface area (Å²) < 4.78 is 2.29. The van der Waals surface area contributed by atoms with Gasteiger partial charge < -0.3 is 9.88 Å². The van der Waals surface area contributed by atoms with E-state index in [1.807, 2.05) is 13.0 Å². The maximum absolute atomic E-state index is 11.5. The number of hydrogen-bond donors (Lipinski definition) is 1. The first kappa shape index (κ1) is 18.2. The summed E-state index contributed by atoms with van der Waals surface area (Å²) in [5.74, 6) is 1.10. The molecule has 1 aromatic heterocycles. The summed E-state index contributed by atoms with van der Waals surface area (Å²) in [5, 5.41) is 2.95. The van der Waals surface area contributed by atoms with E-state index in [2.05, 4.69) is 61.0 Å². The quantitative estimate of drug-likeness (QED) is 0.729. The summed E-state index contributed by atoms with van der Waals surface area (Å²) in [4.78, 5) is 16.4. The van der Waals surface area contributed by atoms with Crippen molar-refractivity contribution in [3.05, 3.63) is 64.5 Å². The molecule has 0 bridgehead atoms. The monoisotopic (exact) mass is 349 g/mol. The Labute approximate surface area is 155 Å². The molecule has 1 N–H and O–H groups in total. The van der Waals surface area contributed by atoms with Gasteiger partial charge in [-0.1, -0.05) is 36.8 Å². The van der Waals surface area contributed by atoms with Crippen molar-refractivity contribution in [3.63, 3.8) is 0 Å². The minimum atomic E-state index is 0.0814. The number of carbonyl (C=O) groups excluding carboxylic acids is 1. The predicted octanol–water partition coefficient (Wildman–Crippen LogP) is 4.08. The third kappa shape index (κ3) is 3.79. The predicted molar refractivity (Wildman–Crippen MR) is 106 cm³/mol. The van der Waals surface area contributed by atoms with Crippen LogP contribution in [0.4, 0.5) is 0 Å². The maximum Gasteiger partial charge on any atom is 0.219 e. The minimum absolute atomic E-state index is 0.0814. The van der Waals surface area contributed by atoms with E-state index in [0.717, 1.165) is 29.8 Å². The number of aromatic nitrogens is 2. The molecule has 0 spiro atoms. The van der Waals surface area contributed by atoms with Gasteiger partial charge in [-0.2, -0.15) is 0 Å². The van der Waals surface area contributed by atoms with Crippen molar-refractivity contribution in [3.8, 4) is 0 Å². The van der Waals surface area contributed by atoms with E-state index in [9.17, 15) is 4.79 Å². The average molecular weight is 349 g/mol. The molecule has 0 radical (unpaired) electrons. The molecule has 4 heteroatoms. The molecule has 1 amide bonds. The van der Waals surface area contributed by atoms with Gasteiger partial charge in [-0.05, 0) is 49.6 Å². The average Bonchev–Trinajstić information content (AvgIpc) is 2.95. The molecule has 0 aliphatic carbocycles. The Morgan fingerprint density at radius 2 is 1.81 bits per heavy atom. The summed E-state index contributed by atoms with van der Waals surface area (Å²) in [5.41, 5.74) is 7.41. The van der Waals surface area contributed by atoms with Crippen LogP contribution in [0, 0.1) is 20.8 Å². The maximum atomic E-state index is 11.5. The lowest BCUT2D eigenvalue weighted by Gasteiger charge is -2.15. The van der Waals surface area contributed by atoms with Crippen LogP contribution in [0.1, 0.15) is 41.4 Å². The van der Waals surface area contributed by atoms with Crippen molar-refractivity contribution in [1.82, 2.24) is 14.9 Å². The molecule has 0 saturated heterocycles. The summed E-state index contributed by atoms with van der Waals surface area (Å²) in [7, 11) is 0. The topological polar surface area (TPSA) is 46.9 Å². The Kier molecular flexibility index (Phi) is 5.40. The fraction of sp³-hybridized carbons (Fsp3) is 0.364. The van der Waals surface area contributed by atoms with Gasteiger partial charge in [0, 0.05) is 25.9 Å². The molecule has 0 aliphatic rings. The van der Waals surface area contributed by atoms with E-state index in [4.69, 9.17) is 4.98 Å². The number of benzene rings is 2. The number of imidazole rings is 1. The second-order valence-corrected chi connectivity index (χ2v) is 6.93. The number of para-hydroxylation sites is 2. The zero-order valence-corrected chi connectivity index (χ0v) is 16.1. The van der Waals surface area contributed by atoms with E-state index in [1.165, 1.54) is 22.3 Å². The number of carbonyl (C=O) groups is 1. The van der Waals surface area contributed by atoms with Crippen LogP contribution in [0.3, 0.4) is 0 Å². The lowest BCUT2D eigenvalue weighted by Crippen LogP contribution is -2.25. The highest BCUT2D eigenvalue weighted by Gasteiger charge is 2.13.